The number of para-hydroxylation sites is 1. The fourth-order valence-corrected chi connectivity index (χ4v) is 3.02. The van der Waals surface area contributed by atoms with Gasteiger partial charge in [-0.2, -0.15) is 0 Å². The zero-order chi connectivity index (χ0) is 20.8. The number of carbonyl (C=O) groups is 2. The van der Waals surface area contributed by atoms with Crippen molar-refractivity contribution < 1.29 is 14.3 Å². The number of halogens is 1. The molecule has 0 unspecified atom stereocenters. The van der Waals surface area contributed by atoms with Crippen molar-refractivity contribution in [3.8, 4) is 5.75 Å². The fraction of sp³-hybridized carbons (Fsp3) is 0.190. The molecular weight excluding hydrogens is 436 g/mol. The van der Waals surface area contributed by atoms with Gasteiger partial charge in [-0.25, -0.2) is 4.98 Å². The van der Waals surface area contributed by atoms with Crippen molar-refractivity contribution in [2.75, 3.05) is 18.9 Å². The molecule has 8 heteroatoms. The second-order valence-corrected chi connectivity index (χ2v) is 7.31. The Balaban J connectivity index is 1.54. The molecule has 0 saturated carbocycles. The van der Waals surface area contributed by atoms with Crippen molar-refractivity contribution in [1.29, 1.82) is 0 Å². The molecule has 2 aromatic carbocycles. The number of nitrogens with zero attached hydrogens (tertiary/aromatic N) is 3. The van der Waals surface area contributed by atoms with Crippen LogP contribution in [0.2, 0.25) is 0 Å². The van der Waals surface area contributed by atoms with Crippen molar-refractivity contribution in [3.05, 3.63) is 76.8 Å². The van der Waals surface area contributed by atoms with E-state index in [9.17, 15) is 9.59 Å². The van der Waals surface area contributed by atoms with E-state index in [4.69, 9.17) is 4.74 Å². The van der Waals surface area contributed by atoms with Crippen molar-refractivity contribution in [2.45, 2.75) is 6.61 Å². The van der Waals surface area contributed by atoms with E-state index in [1.54, 1.807) is 43.6 Å². The van der Waals surface area contributed by atoms with Gasteiger partial charge in [-0.05, 0) is 52.3 Å². The number of hydrogen-bond donors (Lipinski definition) is 1. The molecule has 0 aliphatic rings. The highest BCUT2D eigenvalue weighted by Crippen LogP contribution is 2.21. The first kappa shape index (κ1) is 20.6. The van der Waals surface area contributed by atoms with E-state index in [1.807, 2.05) is 36.0 Å². The van der Waals surface area contributed by atoms with Crippen LogP contribution < -0.4 is 10.1 Å². The Kier molecular flexibility index (Phi) is 6.66. The number of nitrogens with one attached hydrogen (secondary N) is 1. The number of rotatable bonds is 7. The Morgan fingerprint density at radius 1 is 1.17 bits per heavy atom. The number of carbonyl (C=O) groups excluding carboxylic acids is 2. The maximum atomic E-state index is 12.6. The lowest BCUT2D eigenvalue weighted by molar-refractivity contribution is -0.116. The quantitative estimate of drug-likeness (QED) is 0.590. The van der Waals surface area contributed by atoms with Crippen LogP contribution in [-0.4, -0.2) is 39.9 Å². The minimum absolute atomic E-state index is 0.0580. The fourth-order valence-electron chi connectivity index (χ4n) is 2.64. The van der Waals surface area contributed by atoms with Crippen LogP contribution in [0.25, 0.3) is 0 Å². The lowest BCUT2D eigenvalue weighted by Gasteiger charge is -2.17. The van der Waals surface area contributed by atoms with Gasteiger partial charge in [0.1, 0.15) is 18.2 Å². The number of imidazole rings is 1. The van der Waals surface area contributed by atoms with Crippen molar-refractivity contribution in [1.82, 2.24) is 14.5 Å². The molecule has 0 fully saturated rings. The van der Waals surface area contributed by atoms with Gasteiger partial charge in [-0.15, -0.1) is 0 Å². The van der Waals surface area contributed by atoms with E-state index in [1.165, 1.54) is 4.90 Å². The van der Waals surface area contributed by atoms with Gasteiger partial charge in [0.2, 0.25) is 5.91 Å². The van der Waals surface area contributed by atoms with Crippen LogP contribution in [0.15, 0.2) is 65.4 Å². The number of anilines is 1. The smallest absolute Gasteiger partial charge is 0.254 e. The Hall–Kier alpha value is -3.13. The third-order valence-corrected chi connectivity index (χ3v) is 4.96. The SMILES string of the molecule is CN(CC(=O)Nc1ccccc1Br)C(=O)c1ccc(OCc2nccn2C)cc1. The molecule has 1 N–H and O–H groups in total. The highest BCUT2D eigenvalue weighted by Gasteiger charge is 2.16. The normalized spacial score (nSPS) is 10.4. The maximum absolute atomic E-state index is 12.6. The minimum Gasteiger partial charge on any atom is -0.486 e. The molecular formula is C21H21BrN4O3. The van der Waals surface area contributed by atoms with Gasteiger partial charge in [0.15, 0.2) is 0 Å². The average molecular weight is 457 g/mol. The number of aromatic nitrogens is 2. The summed E-state index contributed by atoms with van der Waals surface area (Å²) in [6, 6.07) is 14.1. The number of ether oxygens (including phenoxy) is 1. The molecule has 0 radical (unpaired) electrons. The Morgan fingerprint density at radius 3 is 2.55 bits per heavy atom. The van der Waals surface area contributed by atoms with Gasteiger partial charge in [-0.1, -0.05) is 12.1 Å². The van der Waals surface area contributed by atoms with Crippen LogP contribution in [0.5, 0.6) is 5.75 Å². The average Bonchev–Trinajstić information content (AvgIpc) is 3.12. The number of hydrogen-bond acceptors (Lipinski definition) is 4. The second kappa shape index (κ2) is 9.38. The number of benzene rings is 2. The topological polar surface area (TPSA) is 76.5 Å². The van der Waals surface area contributed by atoms with Crippen LogP contribution in [-0.2, 0) is 18.4 Å². The number of amides is 2. The maximum Gasteiger partial charge on any atom is 0.254 e. The molecule has 29 heavy (non-hydrogen) atoms. The van der Waals surface area contributed by atoms with Crippen LogP contribution in [0.1, 0.15) is 16.2 Å². The van der Waals surface area contributed by atoms with E-state index in [-0.39, 0.29) is 18.4 Å². The largest absolute Gasteiger partial charge is 0.486 e. The van der Waals surface area contributed by atoms with Crippen molar-refractivity contribution in [3.63, 3.8) is 0 Å². The summed E-state index contributed by atoms with van der Waals surface area (Å²) >= 11 is 3.38. The second-order valence-electron chi connectivity index (χ2n) is 6.46. The predicted octanol–water partition coefficient (Wildman–Crippen LogP) is 3.47. The Labute approximate surface area is 177 Å². The first-order chi connectivity index (χ1) is 13.9. The molecule has 0 aliphatic heterocycles. The van der Waals surface area contributed by atoms with E-state index in [0.717, 1.165) is 10.3 Å². The first-order valence-corrected chi connectivity index (χ1v) is 9.72. The van der Waals surface area contributed by atoms with E-state index >= 15 is 0 Å². The molecule has 1 aromatic heterocycles. The zero-order valence-electron chi connectivity index (χ0n) is 16.1. The molecule has 0 aliphatic carbocycles. The standard InChI is InChI=1S/C21H21BrN4O3/c1-25-12-11-23-19(25)14-29-16-9-7-15(8-10-16)21(28)26(2)13-20(27)24-18-6-4-3-5-17(18)22/h3-12H,13-14H2,1-2H3,(H,24,27). The molecule has 7 nitrogen and oxygen atoms in total. The number of aryl methyl sites for hydroxylation is 1. The Bertz CT molecular complexity index is 1000. The summed E-state index contributed by atoms with van der Waals surface area (Å²) in [5, 5.41) is 2.78. The van der Waals surface area contributed by atoms with Crippen LogP contribution in [0.4, 0.5) is 5.69 Å². The molecule has 3 aromatic rings. The van der Waals surface area contributed by atoms with E-state index < -0.39 is 0 Å². The van der Waals surface area contributed by atoms with E-state index in [0.29, 0.717) is 23.6 Å². The van der Waals surface area contributed by atoms with Crippen molar-refractivity contribution in [2.24, 2.45) is 7.05 Å². The van der Waals surface area contributed by atoms with Crippen LogP contribution in [0.3, 0.4) is 0 Å². The molecule has 0 bridgehead atoms. The molecule has 1 heterocycles. The summed E-state index contributed by atoms with van der Waals surface area (Å²) in [6.45, 7) is 0.281. The van der Waals surface area contributed by atoms with Gasteiger partial charge in [0.25, 0.3) is 5.91 Å². The summed E-state index contributed by atoms with van der Waals surface area (Å²) in [7, 11) is 3.49. The summed E-state index contributed by atoms with van der Waals surface area (Å²) in [5.41, 5.74) is 1.14. The zero-order valence-corrected chi connectivity index (χ0v) is 17.7. The highest BCUT2D eigenvalue weighted by molar-refractivity contribution is 9.10. The molecule has 0 spiro atoms. The summed E-state index contributed by atoms with van der Waals surface area (Å²) in [4.78, 5) is 30.4. The highest BCUT2D eigenvalue weighted by atomic mass is 79.9. The lowest BCUT2D eigenvalue weighted by atomic mass is 10.2. The van der Waals surface area contributed by atoms with Gasteiger partial charge in [0, 0.05) is 36.5 Å². The van der Waals surface area contributed by atoms with Gasteiger partial charge in [0.05, 0.1) is 12.2 Å². The van der Waals surface area contributed by atoms with E-state index in [2.05, 4.69) is 26.2 Å². The summed E-state index contributed by atoms with van der Waals surface area (Å²) in [5.74, 6) is 0.922. The Morgan fingerprint density at radius 2 is 1.90 bits per heavy atom. The summed E-state index contributed by atoms with van der Waals surface area (Å²) in [6.07, 6.45) is 3.56. The molecule has 150 valence electrons. The monoisotopic (exact) mass is 456 g/mol. The molecule has 3 rings (SSSR count). The minimum atomic E-state index is -0.275. The molecule has 0 atom stereocenters. The summed E-state index contributed by atoms with van der Waals surface area (Å²) < 4.78 is 8.35. The van der Waals surface area contributed by atoms with Crippen LogP contribution in [0, 0.1) is 0 Å². The van der Waals surface area contributed by atoms with Crippen molar-refractivity contribution >= 4 is 33.4 Å². The first-order valence-electron chi connectivity index (χ1n) is 8.93. The number of likely N-dealkylation sites (N-methyl/N-ethyl adjacent to an activating group) is 1. The van der Waals surface area contributed by atoms with Gasteiger partial charge < -0.3 is 19.5 Å². The third-order valence-electron chi connectivity index (χ3n) is 4.27. The van der Waals surface area contributed by atoms with Gasteiger partial charge >= 0.3 is 0 Å². The predicted molar refractivity (Wildman–Crippen MR) is 114 cm³/mol. The van der Waals surface area contributed by atoms with Gasteiger partial charge in [-0.3, -0.25) is 9.59 Å². The van der Waals surface area contributed by atoms with Crippen LogP contribution >= 0.6 is 15.9 Å². The molecule has 2 amide bonds. The lowest BCUT2D eigenvalue weighted by Crippen LogP contribution is -2.34. The third kappa shape index (κ3) is 5.45. The molecule has 0 saturated heterocycles.